The van der Waals surface area contributed by atoms with Gasteiger partial charge in [0.1, 0.15) is 0 Å². The summed E-state index contributed by atoms with van der Waals surface area (Å²) in [6.07, 6.45) is 9.62. The van der Waals surface area contributed by atoms with Crippen LogP contribution in [-0.2, 0) is 51.4 Å². The van der Waals surface area contributed by atoms with Gasteiger partial charge in [0.05, 0.1) is 0 Å². The lowest BCUT2D eigenvalue weighted by Gasteiger charge is -2.47. The number of rotatable bonds is 2. The van der Waals surface area contributed by atoms with Crippen molar-refractivity contribution in [1.29, 1.82) is 0 Å². The van der Waals surface area contributed by atoms with Gasteiger partial charge in [-0.2, -0.15) is 0 Å². The van der Waals surface area contributed by atoms with Gasteiger partial charge in [0, 0.05) is 34.1 Å². The number of fused-ring (bicyclic) bond motifs is 10. The SMILES string of the molecule is c1cc2c3c(c1)N(c1ccc4c(c1)CC4)c1c(ccc4c1CC4)B3c1ccc3c(c1N2c1ccc2c(c1)CC2)CC3. The average Bonchev–Trinajstić information content (AvgIpc) is 2.91. The van der Waals surface area contributed by atoms with Gasteiger partial charge in [-0.15, -0.1) is 0 Å². The Balaban J connectivity index is 1.24. The van der Waals surface area contributed by atoms with Crippen molar-refractivity contribution in [2.75, 3.05) is 9.80 Å². The molecule has 0 fully saturated rings. The molecule has 0 N–H and O–H groups in total. The van der Waals surface area contributed by atoms with Gasteiger partial charge in [0.2, 0.25) is 0 Å². The summed E-state index contributed by atoms with van der Waals surface area (Å²) in [7, 11) is 0. The van der Waals surface area contributed by atoms with Crippen molar-refractivity contribution in [1.82, 2.24) is 0 Å². The first kappa shape index (κ1) is 21.5. The van der Waals surface area contributed by atoms with E-state index >= 15 is 0 Å². The highest BCUT2D eigenvalue weighted by Crippen LogP contribution is 2.49. The third kappa shape index (κ3) is 2.58. The van der Waals surface area contributed by atoms with E-state index in [0.29, 0.717) is 0 Å². The predicted octanol–water partition coefficient (Wildman–Crippen LogP) is 6.16. The van der Waals surface area contributed by atoms with E-state index in [9.17, 15) is 0 Å². The van der Waals surface area contributed by atoms with Crippen molar-refractivity contribution in [3.8, 4) is 0 Å². The first-order valence-electron chi connectivity index (χ1n) is 15.6. The lowest BCUT2D eigenvalue weighted by Crippen LogP contribution is -2.62. The van der Waals surface area contributed by atoms with E-state index in [0.717, 1.165) is 0 Å². The molecule has 0 amide bonds. The molecule has 2 nitrogen and oxygen atoms in total. The number of anilines is 6. The molecule has 0 atom stereocenters. The average molecular weight is 524 g/mol. The minimum absolute atomic E-state index is 0.258. The predicted molar refractivity (Wildman–Crippen MR) is 170 cm³/mol. The topological polar surface area (TPSA) is 6.48 Å². The van der Waals surface area contributed by atoms with Crippen molar-refractivity contribution in [3.63, 3.8) is 0 Å². The lowest BCUT2D eigenvalue weighted by molar-refractivity contribution is 0.832. The first-order chi connectivity index (χ1) is 20.3. The molecule has 2 heterocycles. The summed E-state index contributed by atoms with van der Waals surface area (Å²) in [6, 6.07) is 31.4. The zero-order valence-corrected chi connectivity index (χ0v) is 23.1. The van der Waals surface area contributed by atoms with E-state index in [4.69, 9.17) is 0 Å². The molecule has 0 radical (unpaired) electrons. The van der Waals surface area contributed by atoms with Crippen molar-refractivity contribution in [3.05, 3.63) is 123 Å². The Labute approximate surface area is 241 Å². The molecule has 4 aliphatic carbocycles. The standard InChI is InChI=1S/C38H29BN2/c1-2-34-36-35(3-1)41(29-15-9-23-5-7-27(23)21-29)38-31-17-11-25(31)13-19-33(38)39(36)32-18-12-24-10-16-30(24)37(32)40(34)28-14-8-22-4-6-26(22)20-28/h1-3,8-9,12-15,18-21H,4-7,10-11,16-17H2. The highest BCUT2D eigenvalue weighted by Gasteiger charge is 2.46. The summed E-state index contributed by atoms with van der Waals surface area (Å²) in [5, 5.41) is 0. The smallest absolute Gasteiger partial charge is 0.252 e. The van der Waals surface area contributed by atoms with Crippen molar-refractivity contribution in [2.45, 2.75) is 51.4 Å². The number of hydrogen-bond donors (Lipinski definition) is 0. The minimum Gasteiger partial charge on any atom is -0.311 e. The van der Waals surface area contributed by atoms with Crippen LogP contribution < -0.4 is 26.2 Å². The molecule has 3 heteroatoms. The maximum absolute atomic E-state index is 2.64. The van der Waals surface area contributed by atoms with E-state index in [2.05, 4.69) is 88.7 Å². The summed E-state index contributed by atoms with van der Waals surface area (Å²) in [5.74, 6) is 0. The molecule has 0 aromatic heterocycles. The zero-order chi connectivity index (χ0) is 26.4. The van der Waals surface area contributed by atoms with Gasteiger partial charge in [-0.05, 0) is 149 Å². The Bertz CT molecular complexity index is 1900. The monoisotopic (exact) mass is 524 g/mol. The van der Waals surface area contributed by atoms with Crippen molar-refractivity contribution in [2.24, 2.45) is 0 Å². The fraction of sp³-hybridized carbons (Fsp3) is 0.211. The summed E-state index contributed by atoms with van der Waals surface area (Å²) in [6.45, 7) is 0.258. The van der Waals surface area contributed by atoms with Gasteiger partial charge in [-0.25, -0.2) is 0 Å². The maximum atomic E-state index is 2.64. The van der Waals surface area contributed by atoms with Crippen LogP contribution in [0.2, 0.25) is 0 Å². The van der Waals surface area contributed by atoms with E-state index in [1.807, 2.05) is 0 Å². The third-order valence-electron chi connectivity index (χ3n) is 11.2. The molecule has 5 aromatic carbocycles. The van der Waals surface area contributed by atoms with E-state index in [-0.39, 0.29) is 6.71 Å². The highest BCUT2D eigenvalue weighted by molar-refractivity contribution is 7.00. The lowest BCUT2D eigenvalue weighted by atomic mass is 9.32. The van der Waals surface area contributed by atoms with Crippen LogP contribution in [0.25, 0.3) is 0 Å². The molecule has 11 rings (SSSR count). The van der Waals surface area contributed by atoms with Crippen LogP contribution in [0.3, 0.4) is 0 Å². The molecule has 0 saturated carbocycles. The number of benzene rings is 5. The molecule has 5 aromatic rings. The molecule has 194 valence electrons. The van der Waals surface area contributed by atoms with Gasteiger partial charge < -0.3 is 9.80 Å². The number of hydrogen-bond acceptors (Lipinski definition) is 2. The summed E-state index contributed by atoms with van der Waals surface area (Å²) < 4.78 is 0. The van der Waals surface area contributed by atoms with E-state index in [1.54, 1.807) is 11.1 Å². The summed E-state index contributed by atoms with van der Waals surface area (Å²) in [4.78, 5) is 5.28. The molecule has 0 bridgehead atoms. The fourth-order valence-corrected chi connectivity index (χ4v) is 8.70. The number of aryl methyl sites for hydroxylation is 6. The van der Waals surface area contributed by atoms with Crippen LogP contribution in [-0.4, -0.2) is 6.71 Å². The van der Waals surface area contributed by atoms with E-state index in [1.165, 1.54) is 135 Å². The van der Waals surface area contributed by atoms with Gasteiger partial charge in [0.25, 0.3) is 6.71 Å². The highest BCUT2D eigenvalue weighted by atomic mass is 15.2. The Morgan fingerprint density at radius 1 is 0.439 bits per heavy atom. The van der Waals surface area contributed by atoms with Crippen LogP contribution in [0.5, 0.6) is 0 Å². The largest absolute Gasteiger partial charge is 0.311 e. The molecule has 0 saturated heterocycles. The summed E-state index contributed by atoms with van der Waals surface area (Å²) in [5.41, 5.74) is 25.1. The van der Waals surface area contributed by atoms with Gasteiger partial charge >= 0.3 is 0 Å². The van der Waals surface area contributed by atoms with Crippen LogP contribution in [0.4, 0.5) is 34.1 Å². The van der Waals surface area contributed by atoms with Crippen LogP contribution in [0.1, 0.15) is 44.5 Å². The fourth-order valence-electron chi connectivity index (χ4n) is 8.70. The second-order valence-electron chi connectivity index (χ2n) is 13.0. The minimum atomic E-state index is 0.258. The molecule has 6 aliphatic rings. The molecular formula is C38H29BN2. The Morgan fingerprint density at radius 3 is 1.32 bits per heavy atom. The van der Waals surface area contributed by atoms with Crippen LogP contribution >= 0.6 is 0 Å². The van der Waals surface area contributed by atoms with Crippen molar-refractivity contribution >= 4 is 57.2 Å². The normalized spacial score (nSPS) is 17.3. The number of nitrogens with zero attached hydrogens (tertiary/aromatic N) is 2. The van der Waals surface area contributed by atoms with Gasteiger partial charge in [0.15, 0.2) is 0 Å². The molecule has 2 aliphatic heterocycles. The van der Waals surface area contributed by atoms with Crippen LogP contribution in [0.15, 0.2) is 78.9 Å². The second kappa shape index (κ2) is 7.34. The molecule has 0 unspecified atom stereocenters. The zero-order valence-electron chi connectivity index (χ0n) is 23.1. The summed E-state index contributed by atoms with van der Waals surface area (Å²) >= 11 is 0. The third-order valence-corrected chi connectivity index (χ3v) is 11.2. The molecule has 0 spiro atoms. The van der Waals surface area contributed by atoms with Crippen molar-refractivity contribution < 1.29 is 0 Å². The van der Waals surface area contributed by atoms with Crippen LogP contribution in [0, 0.1) is 0 Å². The maximum Gasteiger partial charge on any atom is 0.252 e. The molecular weight excluding hydrogens is 495 g/mol. The Hall–Kier alpha value is -4.24. The second-order valence-corrected chi connectivity index (χ2v) is 13.0. The Kier molecular flexibility index (Phi) is 3.85. The molecule has 41 heavy (non-hydrogen) atoms. The van der Waals surface area contributed by atoms with E-state index < -0.39 is 0 Å². The Morgan fingerprint density at radius 2 is 0.902 bits per heavy atom. The first-order valence-corrected chi connectivity index (χ1v) is 15.6. The van der Waals surface area contributed by atoms with Gasteiger partial charge in [-0.1, -0.05) is 42.5 Å². The van der Waals surface area contributed by atoms with Gasteiger partial charge in [-0.3, -0.25) is 0 Å². The quantitative estimate of drug-likeness (QED) is 0.250.